The first kappa shape index (κ1) is 22.1. The van der Waals surface area contributed by atoms with Gasteiger partial charge in [0.15, 0.2) is 0 Å². The van der Waals surface area contributed by atoms with E-state index in [4.69, 9.17) is 0 Å². The summed E-state index contributed by atoms with van der Waals surface area (Å²) in [5, 5.41) is 13.0. The summed E-state index contributed by atoms with van der Waals surface area (Å²) in [7, 11) is 0. The molecule has 0 saturated heterocycles. The minimum Gasteiger partial charge on any atom is -0.375 e. The van der Waals surface area contributed by atoms with Crippen molar-refractivity contribution in [1.82, 2.24) is 4.98 Å². The predicted octanol–water partition coefficient (Wildman–Crippen LogP) is 6.76. The molecule has 0 spiro atoms. The fourth-order valence-corrected chi connectivity index (χ4v) is 4.94. The topological polar surface area (TPSA) is 48.7 Å². The lowest BCUT2D eigenvalue weighted by Gasteiger charge is -2.38. The SMILES string of the molecule is Cc1ccc2c(NC3c4c(C)c(C)c(C#N)c(C)c4CCC3C(F)(F)F)c(F)ccc2n1. The summed E-state index contributed by atoms with van der Waals surface area (Å²) in [5.74, 6) is -2.32. The first-order valence-electron chi connectivity index (χ1n) is 10.5. The van der Waals surface area contributed by atoms with Gasteiger partial charge < -0.3 is 5.32 Å². The molecule has 0 fully saturated rings. The number of aromatic nitrogens is 1. The number of halogens is 4. The van der Waals surface area contributed by atoms with Crippen LogP contribution in [0.1, 0.15) is 51.5 Å². The van der Waals surface area contributed by atoms with Gasteiger partial charge in [0.1, 0.15) is 5.82 Å². The molecule has 0 saturated carbocycles. The molecule has 1 N–H and O–H groups in total. The van der Waals surface area contributed by atoms with Crippen molar-refractivity contribution in [2.45, 2.75) is 52.8 Å². The number of hydrogen-bond donors (Lipinski definition) is 1. The average Bonchev–Trinajstić information content (AvgIpc) is 2.73. The van der Waals surface area contributed by atoms with E-state index in [0.29, 0.717) is 38.7 Å². The van der Waals surface area contributed by atoms with Gasteiger partial charge in [-0.2, -0.15) is 18.4 Å². The second-order valence-corrected chi connectivity index (χ2v) is 8.50. The van der Waals surface area contributed by atoms with Crippen LogP contribution >= 0.6 is 0 Å². The molecule has 0 aliphatic heterocycles. The van der Waals surface area contributed by atoms with Crippen molar-refractivity contribution in [2.24, 2.45) is 5.92 Å². The summed E-state index contributed by atoms with van der Waals surface area (Å²) in [6.07, 6.45) is -4.38. The summed E-state index contributed by atoms with van der Waals surface area (Å²) in [6, 6.07) is 7.15. The first-order valence-corrected chi connectivity index (χ1v) is 10.5. The van der Waals surface area contributed by atoms with Crippen LogP contribution in [0.2, 0.25) is 0 Å². The lowest BCUT2D eigenvalue weighted by atomic mass is 9.73. The van der Waals surface area contributed by atoms with Crippen molar-refractivity contribution in [3.05, 3.63) is 69.2 Å². The van der Waals surface area contributed by atoms with Gasteiger partial charge in [-0.3, -0.25) is 4.98 Å². The van der Waals surface area contributed by atoms with Gasteiger partial charge in [0, 0.05) is 11.1 Å². The Labute approximate surface area is 184 Å². The first-order chi connectivity index (χ1) is 15.0. The third-order valence-electron chi connectivity index (χ3n) is 6.70. The second-order valence-electron chi connectivity index (χ2n) is 8.50. The normalized spacial score (nSPS) is 18.3. The molecule has 32 heavy (non-hydrogen) atoms. The Morgan fingerprint density at radius 3 is 2.41 bits per heavy atom. The highest BCUT2D eigenvalue weighted by atomic mass is 19.4. The second kappa shape index (κ2) is 7.77. The van der Waals surface area contributed by atoms with Crippen LogP contribution in [0.5, 0.6) is 0 Å². The summed E-state index contributed by atoms with van der Waals surface area (Å²) in [6.45, 7) is 7.07. The van der Waals surface area contributed by atoms with E-state index in [-0.39, 0.29) is 18.5 Å². The minimum absolute atomic E-state index is 0.0150. The largest absolute Gasteiger partial charge is 0.394 e. The third kappa shape index (κ3) is 3.48. The molecule has 2 aromatic carbocycles. The van der Waals surface area contributed by atoms with Gasteiger partial charge in [-0.05, 0) is 92.6 Å². The molecular weight excluding hydrogens is 418 g/mol. The molecule has 166 valence electrons. The van der Waals surface area contributed by atoms with Crippen molar-refractivity contribution in [3.63, 3.8) is 0 Å². The molecule has 0 radical (unpaired) electrons. The molecular formula is C25H23F4N3. The minimum atomic E-state index is -4.46. The van der Waals surface area contributed by atoms with Gasteiger partial charge in [0.05, 0.1) is 34.8 Å². The number of nitriles is 1. The van der Waals surface area contributed by atoms with Gasteiger partial charge in [-0.15, -0.1) is 0 Å². The fourth-order valence-electron chi connectivity index (χ4n) is 4.94. The standard InChI is InChI=1S/C25H23F4N3/c1-12-5-6-17-21(31-12)10-9-20(26)23(17)32-24-19(25(27,28)29)8-7-16-15(4)18(11-30)13(2)14(3)22(16)24/h5-6,9-10,19,24,32H,7-8H2,1-4H3. The zero-order valence-corrected chi connectivity index (χ0v) is 18.3. The Hall–Kier alpha value is -3.14. The van der Waals surface area contributed by atoms with Crippen molar-refractivity contribution in [1.29, 1.82) is 5.26 Å². The molecule has 7 heteroatoms. The number of pyridine rings is 1. The molecule has 1 heterocycles. The summed E-state index contributed by atoms with van der Waals surface area (Å²) >= 11 is 0. The number of fused-ring (bicyclic) bond motifs is 2. The Balaban J connectivity index is 1.96. The number of hydrogen-bond acceptors (Lipinski definition) is 3. The van der Waals surface area contributed by atoms with Crippen molar-refractivity contribution >= 4 is 16.6 Å². The summed E-state index contributed by atoms with van der Waals surface area (Å²) in [4.78, 5) is 4.39. The van der Waals surface area contributed by atoms with E-state index >= 15 is 0 Å². The highest BCUT2D eigenvalue weighted by Gasteiger charge is 2.48. The smallest absolute Gasteiger partial charge is 0.375 e. The van der Waals surface area contributed by atoms with Crippen molar-refractivity contribution in [2.75, 3.05) is 5.32 Å². The molecule has 3 aromatic rings. The van der Waals surface area contributed by atoms with E-state index in [1.807, 2.05) is 0 Å². The zero-order chi connectivity index (χ0) is 23.4. The highest BCUT2D eigenvalue weighted by Crippen LogP contribution is 2.49. The molecule has 2 atom stereocenters. The van der Waals surface area contributed by atoms with E-state index in [9.17, 15) is 22.8 Å². The number of nitrogens with zero attached hydrogens (tertiary/aromatic N) is 2. The maximum atomic E-state index is 14.9. The maximum Gasteiger partial charge on any atom is 0.394 e. The molecule has 4 rings (SSSR count). The molecule has 3 nitrogen and oxygen atoms in total. The third-order valence-corrected chi connectivity index (χ3v) is 6.70. The lowest BCUT2D eigenvalue weighted by Crippen LogP contribution is -2.38. The predicted molar refractivity (Wildman–Crippen MR) is 116 cm³/mol. The van der Waals surface area contributed by atoms with Gasteiger partial charge in [0.2, 0.25) is 0 Å². The van der Waals surface area contributed by atoms with Crippen LogP contribution < -0.4 is 5.32 Å². The number of aryl methyl sites for hydroxylation is 1. The van der Waals surface area contributed by atoms with E-state index < -0.39 is 24.0 Å². The summed E-state index contributed by atoms with van der Waals surface area (Å²) < 4.78 is 57.3. The van der Waals surface area contributed by atoms with Crippen LogP contribution in [-0.2, 0) is 6.42 Å². The zero-order valence-electron chi connectivity index (χ0n) is 18.3. The van der Waals surface area contributed by atoms with E-state index in [0.717, 1.165) is 11.3 Å². The lowest BCUT2D eigenvalue weighted by molar-refractivity contribution is -0.182. The summed E-state index contributed by atoms with van der Waals surface area (Å²) in [5.41, 5.74) is 5.03. The molecule has 0 bridgehead atoms. The van der Waals surface area contributed by atoms with E-state index in [2.05, 4.69) is 16.4 Å². The van der Waals surface area contributed by atoms with E-state index in [1.54, 1.807) is 39.8 Å². The monoisotopic (exact) mass is 441 g/mol. The fraction of sp³-hybridized carbons (Fsp3) is 0.360. The average molecular weight is 441 g/mol. The molecule has 2 unspecified atom stereocenters. The van der Waals surface area contributed by atoms with Gasteiger partial charge in [-0.1, -0.05) is 0 Å². The Bertz CT molecular complexity index is 1270. The Kier molecular flexibility index (Phi) is 5.36. The molecule has 1 aromatic heterocycles. The number of anilines is 1. The van der Waals surface area contributed by atoms with Gasteiger partial charge in [-0.25, -0.2) is 4.39 Å². The van der Waals surface area contributed by atoms with Crippen LogP contribution in [0, 0.1) is 50.8 Å². The maximum absolute atomic E-state index is 14.9. The molecule has 0 amide bonds. The number of nitrogens with one attached hydrogen (secondary N) is 1. The van der Waals surface area contributed by atoms with Crippen LogP contribution in [0.25, 0.3) is 10.9 Å². The van der Waals surface area contributed by atoms with Crippen LogP contribution in [0.15, 0.2) is 24.3 Å². The number of rotatable bonds is 2. The van der Waals surface area contributed by atoms with Gasteiger partial charge in [0.25, 0.3) is 0 Å². The number of alkyl halides is 3. The Morgan fingerprint density at radius 1 is 1.03 bits per heavy atom. The highest BCUT2D eigenvalue weighted by molar-refractivity contribution is 5.92. The van der Waals surface area contributed by atoms with Crippen LogP contribution in [0.3, 0.4) is 0 Å². The number of benzene rings is 2. The Morgan fingerprint density at radius 2 is 1.75 bits per heavy atom. The van der Waals surface area contributed by atoms with Crippen molar-refractivity contribution < 1.29 is 17.6 Å². The van der Waals surface area contributed by atoms with Crippen LogP contribution in [0.4, 0.5) is 23.2 Å². The van der Waals surface area contributed by atoms with Crippen molar-refractivity contribution in [3.8, 4) is 6.07 Å². The van der Waals surface area contributed by atoms with E-state index in [1.165, 1.54) is 12.1 Å². The quantitative estimate of drug-likeness (QED) is 0.447. The molecule has 1 aliphatic rings. The molecule has 1 aliphatic carbocycles. The van der Waals surface area contributed by atoms with Crippen LogP contribution in [-0.4, -0.2) is 11.2 Å². The van der Waals surface area contributed by atoms with Gasteiger partial charge >= 0.3 is 6.18 Å².